The maximum atomic E-state index is 12.8. The van der Waals surface area contributed by atoms with E-state index >= 15 is 0 Å². The molecule has 172 valence electrons. The second-order valence-electron chi connectivity index (χ2n) is 6.94. The van der Waals surface area contributed by atoms with Crippen LogP contribution < -0.4 is 15.4 Å². The lowest BCUT2D eigenvalue weighted by molar-refractivity contribution is -0.150. The minimum atomic E-state index is -1.27. The van der Waals surface area contributed by atoms with Crippen LogP contribution in [0.15, 0.2) is 28.8 Å². The van der Waals surface area contributed by atoms with E-state index in [0.717, 1.165) is 24.6 Å². The molecule has 0 saturated carbocycles. The van der Waals surface area contributed by atoms with E-state index in [1.807, 2.05) is 13.8 Å². The maximum absolute atomic E-state index is 12.8. The Morgan fingerprint density at radius 2 is 2.09 bits per heavy atom. The number of nitriles is 1. The molecule has 32 heavy (non-hydrogen) atoms. The zero-order valence-corrected chi connectivity index (χ0v) is 19.8. The van der Waals surface area contributed by atoms with Gasteiger partial charge in [0.2, 0.25) is 11.8 Å². The molecule has 1 aliphatic rings. The first-order valence-corrected chi connectivity index (χ1v) is 11.6. The van der Waals surface area contributed by atoms with Crippen LogP contribution in [0.1, 0.15) is 38.2 Å². The summed E-state index contributed by atoms with van der Waals surface area (Å²) in [6.07, 6.45) is 1.81. The minimum Gasteiger partial charge on any atom is -0.492 e. The van der Waals surface area contributed by atoms with Crippen molar-refractivity contribution in [3.63, 3.8) is 0 Å². The fourth-order valence-corrected chi connectivity index (χ4v) is 4.38. The van der Waals surface area contributed by atoms with E-state index in [0.29, 0.717) is 29.5 Å². The molecule has 2 amide bonds. The Morgan fingerprint density at radius 1 is 1.34 bits per heavy atom. The summed E-state index contributed by atoms with van der Waals surface area (Å²) in [5, 5.41) is 15.8. The van der Waals surface area contributed by atoms with Gasteiger partial charge in [-0.15, -0.1) is 0 Å². The van der Waals surface area contributed by atoms with Crippen molar-refractivity contribution in [3.05, 3.63) is 39.4 Å². The highest BCUT2D eigenvalue weighted by molar-refractivity contribution is 8.03. The molecule has 1 aromatic carbocycles. The number of hydrogen-bond acceptors (Lipinski definition) is 7. The van der Waals surface area contributed by atoms with Crippen molar-refractivity contribution in [1.82, 2.24) is 10.6 Å². The van der Waals surface area contributed by atoms with Gasteiger partial charge in [-0.2, -0.15) is 5.26 Å². The van der Waals surface area contributed by atoms with Crippen LogP contribution in [0.2, 0.25) is 5.02 Å². The predicted molar refractivity (Wildman–Crippen MR) is 122 cm³/mol. The molecular weight excluding hydrogens is 454 g/mol. The summed E-state index contributed by atoms with van der Waals surface area (Å²) < 4.78 is 10.3. The number of thioether (sulfide) groups is 1. The van der Waals surface area contributed by atoms with E-state index in [-0.39, 0.29) is 22.3 Å². The van der Waals surface area contributed by atoms with Crippen molar-refractivity contribution in [2.45, 2.75) is 32.6 Å². The summed E-state index contributed by atoms with van der Waals surface area (Å²) in [7, 11) is 1.18. The number of ether oxygens (including phenoxy) is 2. The first-order valence-electron chi connectivity index (χ1n) is 10.2. The molecule has 8 nitrogen and oxygen atoms in total. The number of rotatable bonds is 10. The highest BCUT2D eigenvalue weighted by atomic mass is 35.5. The van der Waals surface area contributed by atoms with E-state index in [2.05, 4.69) is 16.7 Å². The number of nitrogens with one attached hydrogen (secondary N) is 2. The van der Waals surface area contributed by atoms with Gasteiger partial charge in [-0.05, 0) is 31.0 Å². The van der Waals surface area contributed by atoms with Gasteiger partial charge in [-0.3, -0.25) is 14.4 Å². The van der Waals surface area contributed by atoms with Crippen LogP contribution >= 0.6 is 23.4 Å². The SMILES string of the molecule is CCCCNC(=O)CSC1=C(C#N)[C@@H](c2ccc(OCC)c(Cl)c2)[C@H](C(=O)OC)C(=O)N1. The van der Waals surface area contributed by atoms with E-state index in [4.69, 9.17) is 21.1 Å². The number of methoxy groups -OCH3 is 1. The Bertz CT molecular complexity index is 944. The number of halogens is 1. The molecule has 2 atom stereocenters. The Kier molecular flexibility index (Phi) is 9.88. The molecule has 0 aromatic heterocycles. The number of esters is 1. The summed E-state index contributed by atoms with van der Waals surface area (Å²) >= 11 is 7.36. The quantitative estimate of drug-likeness (QED) is 0.300. The van der Waals surface area contributed by atoms with Crippen LogP contribution in [0.3, 0.4) is 0 Å². The molecule has 0 aliphatic carbocycles. The average Bonchev–Trinajstić information content (AvgIpc) is 2.78. The maximum Gasteiger partial charge on any atom is 0.319 e. The number of hydrogen-bond donors (Lipinski definition) is 2. The smallest absolute Gasteiger partial charge is 0.319 e. The standard InChI is InChI=1S/C22H26ClN3O5S/c1-4-6-9-25-17(27)12-32-21-14(11-24)18(19(20(28)26-21)22(29)30-3)13-7-8-16(31-5-2)15(23)10-13/h7-8,10,18-19H,4-6,9,12H2,1-3H3,(H,25,27)(H,26,28)/t18-,19+/m1/s1. The van der Waals surface area contributed by atoms with Crippen molar-refractivity contribution in [1.29, 1.82) is 5.26 Å². The Labute approximate surface area is 196 Å². The van der Waals surface area contributed by atoms with Crippen LogP contribution in [0.4, 0.5) is 0 Å². The predicted octanol–water partition coefficient (Wildman–Crippen LogP) is 3.13. The van der Waals surface area contributed by atoms with Crippen LogP contribution in [-0.2, 0) is 19.1 Å². The van der Waals surface area contributed by atoms with Gasteiger partial charge in [-0.1, -0.05) is 42.8 Å². The van der Waals surface area contributed by atoms with Crippen molar-refractivity contribution in [3.8, 4) is 11.8 Å². The van der Waals surface area contributed by atoms with Gasteiger partial charge in [0, 0.05) is 12.5 Å². The third-order valence-corrected chi connectivity index (χ3v) is 6.11. The Morgan fingerprint density at radius 3 is 2.69 bits per heavy atom. The van der Waals surface area contributed by atoms with Gasteiger partial charge in [0.05, 0.1) is 41.2 Å². The van der Waals surface area contributed by atoms with Crippen LogP contribution in [-0.4, -0.2) is 43.8 Å². The van der Waals surface area contributed by atoms with Gasteiger partial charge in [0.1, 0.15) is 11.7 Å². The molecule has 0 bridgehead atoms. The molecule has 0 fully saturated rings. The average molecular weight is 480 g/mol. The summed E-state index contributed by atoms with van der Waals surface area (Å²) in [4.78, 5) is 37.4. The minimum absolute atomic E-state index is 0.0180. The molecule has 1 aliphatic heterocycles. The largest absolute Gasteiger partial charge is 0.492 e. The second kappa shape index (κ2) is 12.4. The number of nitrogens with zero attached hydrogens (tertiary/aromatic N) is 1. The Hall–Kier alpha value is -2.70. The van der Waals surface area contributed by atoms with E-state index in [1.54, 1.807) is 18.2 Å². The molecule has 1 heterocycles. The number of benzene rings is 1. The van der Waals surface area contributed by atoms with E-state index < -0.39 is 23.7 Å². The molecule has 0 saturated heterocycles. The normalized spacial score (nSPS) is 17.9. The van der Waals surface area contributed by atoms with Crippen molar-refractivity contribution < 1.29 is 23.9 Å². The lowest BCUT2D eigenvalue weighted by Crippen LogP contribution is -2.44. The second-order valence-corrected chi connectivity index (χ2v) is 8.33. The van der Waals surface area contributed by atoms with Gasteiger partial charge >= 0.3 is 5.97 Å². The molecule has 0 spiro atoms. The molecule has 2 N–H and O–H groups in total. The van der Waals surface area contributed by atoms with E-state index in [9.17, 15) is 19.6 Å². The van der Waals surface area contributed by atoms with Crippen LogP contribution in [0.5, 0.6) is 5.75 Å². The lowest BCUT2D eigenvalue weighted by Gasteiger charge is -2.31. The number of allylic oxidation sites excluding steroid dienone is 1. The highest BCUT2D eigenvalue weighted by Gasteiger charge is 2.44. The van der Waals surface area contributed by atoms with Crippen molar-refractivity contribution in [2.24, 2.45) is 5.92 Å². The first-order chi connectivity index (χ1) is 15.4. The monoisotopic (exact) mass is 479 g/mol. The molecule has 10 heteroatoms. The molecular formula is C22H26ClN3O5S. The summed E-state index contributed by atoms with van der Waals surface area (Å²) in [6, 6.07) is 6.96. The highest BCUT2D eigenvalue weighted by Crippen LogP contribution is 2.42. The van der Waals surface area contributed by atoms with Crippen LogP contribution in [0, 0.1) is 17.2 Å². The zero-order valence-electron chi connectivity index (χ0n) is 18.2. The molecule has 0 radical (unpaired) electrons. The first kappa shape index (κ1) is 25.6. The van der Waals surface area contributed by atoms with Gasteiger partial charge < -0.3 is 20.1 Å². The third-order valence-electron chi connectivity index (χ3n) is 4.80. The zero-order chi connectivity index (χ0) is 23.7. The number of amides is 2. The molecule has 2 rings (SSSR count). The topological polar surface area (TPSA) is 118 Å². The molecule has 1 aromatic rings. The number of unbranched alkanes of at least 4 members (excludes halogenated alkanes) is 1. The summed E-state index contributed by atoms with van der Waals surface area (Å²) in [5.74, 6) is -3.31. The lowest BCUT2D eigenvalue weighted by atomic mass is 9.78. The van der Waals surface area contributed by atoms with Gasteiger partial charge in [0.15, 0.2) is 0 Å². The fourth-order valence-electron chi connectivity index (χ4n) is 3.26. The van der Waals surface area contributed by atoms with E-state index in [1.165, 1.54) is 7.11 Å². The van der Waals surface area contributed by atoms with Gasteiger partial charge in [-0.25, -0.2) is 0 Å². The summed E-state index contributed by atoms with van der Waals surface area (Å²) in [5.41, 5.74) is 0.650. The summed E-state index contributed by atoms with van der Waals surface area (Å²) in [6.45, 7) is 4.82. The number of carbonyl (C=O) groups is 3. The van der Waals surface area contributed by atoms with Gasteiger partial charge in [0.25, 0.3) is 0 Å². The van der Waals surface area contributed by atoms with Crippen molar-refractivity contribution in [2.75, 3.05) is 26.0 Å². The number of carbonyl (C=O) groups excluding carboxylic acids is 3. The molecule has 0 unspecified atom stereocenters. The Balaban J connectivity index is 2.42. The third kappa shape index (κ3) is 6.17. The fraction of sp³-hybridized carbons (Fsp3) is 0.455. The van der Waals surface area contributed by atoms with Crippen LogP contribution in [0.25, 0.3) is 0 Å². The van der Waals surface area contributed by atoms with Crippen molar-refractivity contribution >= 4 is 41.1 Å².